The zero-order valence-electron chi connectivity index (χ0n) is 11.7. The summed E-state index contributed by atoms with van der Waals surface area (Å²) in [6.07, 6.45) is 3.01. The van der Waals surface area contributed by atoms with Crippen molar-refractivity contribution < 1.29 is 5.11 Å². The number of aromatic nitrogens is 3. The van der Waals surface area contributed by atoms with Crippen molar-refractivity contribution in [1.29, 1.82) is 0 Å². The van der Waals surface area contributed by atoms with Crippen molar-refractivity contribution in [3.8, 4) is 28.1 Å². The van der Waals surface area contributed by atoms with E-state index in [0.29, 0.717) is 0 Å². The van der Waals surface area contributed by atoms with Crippen LogP contribution < -0.4 is 0 Å². The topological polar surface area (TPSA) is 50.4 Å². The van der Waals surface area contributed by atoms with E-state index in [9.17, 15) is 5.11 Å². The second-order valence-electron chi connectivity index (χ2n) is 5.04. The molecular weight excluding hydrogens is 274 g/mol. The van der Waals surface area contributed by atoms with Crippen LogP contribution in [0.4, 0.5) is 0 Å². The van der Waals surface area contributed by atoms with Gasteiger partial charge in [-0.05, 0) is 5.56 Å². The lowest BCUT2D eigenvalue weighted by Crippen LogP contribution is -1.88. The van der Waals surface area contributed by atoms with Crippen LogP contribution in [-0.4, -0.2) is 19.7 Å². The number of rotatable bonds is 2. The lowest BCUT2D eigenvalue weighted by molar-refractivity contribution is 0.467. The van der Waals surface area contributed by atoms with Gasteiger partial charge in [-0.3, -0.25) is 0 Å². The van der Waals surface area contributed by atoms with Crippen molar-refractivity contribution in [3.63, 3.8) is 0 Å². The Kier molecular flexibility index (Phi) is 2.86. The van der Waals surface area contributed by atoms with Crippen LogP contribution in [0, 0.1) is 0 Å². The minimum Gasteiger partial charge on any atom is -0.505 e. The summed E-state index contributed by atoms with van der Waals surface area (Å²) >= 11 is 0. The maximum Gasteiger partial charge on any atom is 0.163 e. The van der Waals surface area contributed by atoms with Crippen LogP contribution >= 0.6 is 0 Å². The quantitative estimate of drug-likeness (QED) is 0.610. The molecule has 0 saturated heterocycles. The number of nitrogens with zero attached hydrogens (tertiary/aromatic N) is 3. The predicted octanol–water partition coefficient (Wildman–Crippen LogP) is 3.77. The second kappa shape index (κ2) is 5.00. The van der Waals surface area contributed by atoms with Crippen LogP contribution in [0.3, 0.4) is 0 Å². The lowest BCUT2D eigenvalue weighted by Gasteiger charge is -2.03. The molecule has 0 fully saturated rings. The summed E-state index contributed by atoms with van der Waals surface area (Å²) in [5.41, 5.74) is 4.61. The molecule has 1 N–H and O–H groups in total. The maximum atomic E-state index is 9.65. The fourth-order valence-corrected chi connectivity index (χ4v) is 2.59. The zero-order valence-corrected chi connectivity index (χ0v) is 11.7. The summed E-state index contributed by atoms with van der Waals surface area (Å²) in [4.78, 5) is 4.35. The van der Waals surface area contributed by atoms with Gasteiger partial charge in [-0.1, -0.05) is 60.7 Å². The Labute approximate surface area is 127 Å². The Morgan fingerprint density at radius 2 is 1.45 bits per heavy atom. The molecule has 0 amide bonds. The fraction of sp³-hybridized carbons (Fsp3) is 0. The van der Waals surface area contributed by atoms with Crippen molar-refractivity contribution >= 4 is 5.65 Å². The molecule has 0 unspecified atom stereocenters. The van der Waals surface area contributed by atoms with Gasteiger partial charge in [0.2, 0.25) is 0 Å². The van der Waals surface area contributed by atoms with Crippen LogP contribution in [0.25, 0.3) is 28.0 Å². The van der Waals surface area contributed by atoms with E-state index >= 15 is 0 Å². The average molecular weight is 287 g/mol. The molecule has 4 heteroatoms. The van der Waals surface area contributed by atoms with Crippen molar-refractivity contribution in [2.75, 3.05) is 0 Å². The van der Waals surface area contributed by atoms with Gasteiger partial charge in [0.25, 0.3) is 0 Å². The van der Waals surface area contributed by atoms with Gasteiger partial charge in [-0.25, -0.2) is 9.50 Å². The smallest absolute Gasteiger partial charge is 0.163 e. The van der Waals surface area contributed by atoms with Crippen molar-refractivity contribution in [1.82, 2.24) is 14.6 Å². The first kappa shape index (κ1) is 12.6. The molecule has 0 aliphatic heterocycles. The summed E-state index contributed by atoms with van der Waals surface area (Å²) in [7, 11) is 0. The monoisotopic (exact) mass is 287 g/mol. The molecule has 2 aromatic heterocycles. The van der Waals surface area contributed by atoms with Gasteiger partial charge in [-0.15, -0.1) is 0 Å². The summed E-state index contributed by atoms with van der Waals surface area (Å²) in [6, 6.07) is 20.0. The van der Waals surface area contributed by atoms with E-state index in [2.05, 4.69) is 10.1 Å². The minimum atomic E-state index is 0.0919. The van der Waals surface area contributed by atoms with Gasteiger partial charge in [0.15, 0.2) is 11.4 Å². The van der Waals surface area contributed by atoms with Crippen LogP contribution in [0.1, 0.15) is 0 Å². The van der Waals surface area contributed by atoms with E-state index in [0.717, 1.165) is 28.0 Å². The van der Waals surface area contributed by atoms with E-state index in [1.165, 1.54) is 6.20 Å². The molecule has 2 aromatic carbocycles. The Morgan fingerprint density at radius 1 is 0.818 bits per heavy atom. The summed E-state index contributed by atoms with van der Waals surface area (Å²) in [5, 5.41) is 14.3. The molecule has 0 spiro atoms. The third kappa shape index (κ3) is 2.02. The van der Waals surface area contributed by atoms with E-state index in [1.54, 1.807) is 10.7 Å². The number of fused-ring (bicyclic) bond motifs is 1. The fourth-order valence-electron chi connectivity index (χ4n) is 2.59. The molecule has 0 atom stereocenters. The van der Waals surface area contributed by atoms with Crippen molar-refractivity contribution in [2.24, 2.45) is 0 Å². The molecule has 2 heterocycles. The van der Waals surface area contributed by atoms with E-state index < -0.39 is 0 Å². The third-order valence-corrected chi connectivity index (χ3v) is 3.57. The third-order valence-electron chi connectivity index (χ3n) is 3.57. The number of benzene rings is 2. The Balaban J connectivity index is 2.07. The van der Waals surface area contributed by atoms with E-state index in [4.69, 9.17) is 0 Å². The zero-order chi connectivity index (χ0) is 14.9. The molecule has 0 aliphatic rings. The molecule has 0 radical (unpaired) electrons. The molecule has 4 rings (SSSR count). The highest BCUT2D eigenvalue weighted by molar-refractivity contribution is 5.90. The molecule has 22 heavy (non-hydrogen) atoms. The van der Waals surface area contributed by atoms with Crippen molar-refractivity contribution in [3.05, 3.63) is 73.1 Å². The average Bonchev–Trinajstić information content (AvgIpc) is 2.95. The first-order valence-corrected chi connectivity index (χ1v) is 7.01. The summed E-state index contributed by atoms with van der Waals surface area (Å²) in [6.45, 7) is 0. The summed E-state index contributed by atoms with van der Waals surface area (Å²) in [5.74, 6) is 0.0919. The molecular formula is C18H13N3O. The van der Waals surface area contributed by atoms with Crippen LogP contribution in [0.5, 0.6) is 5.75 Å². The highest BCUT2D eigenvalue weighted by Crippen LogP contribution is 2.34. The van der Waals surface area contributed by atoms with Gasteiger partial charge >= 0.3 is 0 Å². The lowest BCUT2D eigenvalue weighted by atomic mass is 10.0. The molecule has 0 aliphatic carbocycles. The van der Waals surface area contributed by atoms with E-state index in [1.807, 2.05) is 60.7 Å². The Bertz CT molecular complexity index is 931. The first-order chi connectivity index (χ1) is 10.8. The standard InChI is InChI=1S/C18H13N3O/c22-15-11-19-18-16(13-7-3-1-4-8-13)17(20-21(18)12-15)14-9-5-2-6-10-14/h1-12,22H. The normalized spacial score (nSPS) is 10.9. The Hall–Kier alpha value is -3.14. The van der Waals surface area contributed by atoms with Gasteiger partial charge in [0.05, 0.1) is 18.0 Å². The predicted molar refractivity (Wildman–Crippen MR) is 85.5 cm³/mol. The number of aromatic hydroxyl groups is 1. The highest BCUT2D eigenvalue weighted by atomic mass is 16.3. The second-order valence-corrected chi connectivity index (χ2v) is 5.04. The minimum absolute atomic E-state index is 0.0919. The molecule has 0 saturated carbocycles. The van der Waals surface area contributed by atoms with Crippen LogP contribution in [0.15, 0.2) is 73.1 Å². The molecule has 0 bridgehead atoms. The summed E-state index contributed by atoms with van der Waals surface area (Å²) < 4.78 is 1.62. The van der Waals surface area contributed by atoms with Crippen molar-refractivity contribution in [2.45, 2.75) is 0 Å². The highest BCUT2D eigenvalue weighted by Gasteiger charge is 2.17. The van der Waals surface area contributed by atoms with Crippen LogP contribution in [-0.2, 0) is 0 Å². The number of hydrogen-bond donors (Lipinski definition) is 1. The van der Waals surface area contributed by atoms with Gasteiger partial charge < -0.3 is 5.11 Å². The van der Waals surface area contributed by atoms with Crippen LogP contribution in [0.2, 0.25) is 0 Å². The maximum absolute atomic E-state index is 9.65. The molecule has 106 valence electrons. The van der Waals surface area contributed by atoms with Gasteiger partial charge in [-0.2, -0.15) is 5.10 Å². The molecule has 4 aromatic rings. The SMILES string of the molecule is Oc1cnc2c(-c3ccccc3)c(-c3ccccc3)nn2c1. The van der Waals surface area contributed by atoms with E-state index in [-0.39, 0.29) is 5.75 Å². The van der Waals surface area contributed by atoms with Gasteiger partial charge in [0, 0.05) is 5.56 Å². The Morgan fingerprint density at radius 3 is 2.14 bits per heavy atom. The first-order valence-electron chi connectivity index (χ1n) is 7.01. The van der Waals surface area contributed by atoms with Gasteiger partial charge in [0.1, 0.15) is 5.69 Å². The molecule has 4 nitrogen and oxygen atoms in total. The largest absolute Gasteiger partial charge is 0.505 e. The number of hydrogen-bond acceptors (Lipinski definition) is 3.